The molecule has 0 saturated carbocycles. The molecule has 0 aliphatic heterocycles. The molecule has 0 radical (unpaired) electrons. The minimum Gasteiger partial charge on any atom is -0.0616 e. The highest BCUT2D eigenvalue weighted by Gasteiger charge is 2.23. The van der Waals surface area contributed by atoms with Crippen LogP contribution in [0.5, 0.6) is 0 Å². The predicted molar refractivity (Wildman–Crippen MR) is 623 cm³/mol. The molecule has 0 N–H and O–H groups in total. The van der Waals surface area contributed by atoms with Gasteiger partial charge in [-0.15, -0.1) is 0 Å². The molecule has 0 fully saturated rings. The Kier molecular flexibility index (Phi) is 27.1. The Morgan fingerprint density at radius 1 is 0.113 bits per heavy atom. The van der Waals surface area contributed by atoms with Crippen molar-refractivity contribution in [1.82, 2.24) is 0 Å². The summed E-state index contributed by atoms with van der Waals surface area (Å²) in [6.07, 6.45) is 8.59. The van der Waals surface area contributed by atoms with Crippen LogP contribution in [0.15, 0.2) is 461 Å². The van der Waals surface area contributed by atoms with Crippen LogP contribution >= 0.6 is 0 Å². The summed E-state index contributed by atoms with van der Waals surface area (Å²) in [5, 5.41) is 31.0. The van der Waals surface area contributed by atoms with Gasteiger partial charge in [0.2, 0.25) is 0 Å². The second-order valence-electron chi connectivity index (χ2n) is 38.7. The molecular weight excluding hydrogens is 1710 g/mol. The lowest BCUT2D eigenvalue weighted by molar-refractivity contribution is 1.40. The highest BCUT2D eigenvalue weighted by atomic mass is 14.3. The van der Waals surface area contributed by atoms with Gasteiger partial charge in [-0.3, -0.25) is 0 Å². The Morgan fingerprint density at radius 2 is 0.345 bits per heavy atom. The molecule has 25 aromatic carbocycles. The molecule has 0 heteroatoms. The van der Waals surface area contributed by atoms with Gasteiger partial charge in [-0.1, -0.05) is 480 Å². The molecule has 0 bridgehead atoms. The van der Waals surface area contributed by atoms with E-state index in [2.05, 4.69) is 568 Å². The first kappa shape index (κ1) is 92.8. The number of aryl methyl sites for hydroxylation is 12. The Hall–Kier alpha value is -16.9. The molecule has 0 saturated heterocycles. The zero-order valence-electron chi connectivity index (χ0n) is 83.2. The maximum absolute atomic E-state index is 2.49. The van der Waals surface area contributed by atoms with E-state index in [9.17, 15) is 0 Å². The van der Waals surface area contributed by atoms with E-state index in [1.54, 1.807) is 0 Å². The van der Waals surface area contributed by atoms with Crippen LogP contribution in [0.4, 0.5) is 0 Å². The fourth-order valence-electron chi connectivity index (χ4n) is 20.3. The monoisotopic (exact) mass is 1820 g/mol. The normalized spacial score (nSPS) is 11.3. The molecule has 0 unspecified atom stereocenters. The molecule has 0 amide bonds. The Bertz CT molecular complexity index is 8450. The highest BCUT2D eigenvalue weighted by molar-refractivity contribution is 6.29. The average Bonchev–Trinajstić information content (AvgIpc) is 0.677. The molecule has 142 heavy (non-hydrogen) atoms. The second kappa shape index (κ2) is 41.4. The fourth-order valence-corrected chi connectivity index (χ4v) is 20.3. The largest absolute Gasteiger partial charge is 0.0616 e. The highest BCUT2D eigenvalue weighted by Crippen LogP contribution is 2.50. The van der Waals surface area contributed by atoms with Crippen LogP contribution in [0, 0.1) is 83.1 Å². The van der Waals surface area contributed by atoms with Gasteiger partial charge in [-0.2, -0.15) is 0 Å². The summed E-state index contributed by atoms with van der Waals surface area (Å²) in [5.74, 6) is 0. The van der Waals surface area contributed by atoms with Crippen molar-refractivity contribution in [1.29, 1.82) is 0 Å². The quantitative estimate of drug-likeness (QED) is 0.0998. The summed E-state index contributed by atoms with van der Waals surface area (Å²) in [4.78, 5) is 0. The van der Waals surface area contributed by atoms with Gasteiger partial charge >= 0.3 is 0 Å². The molecule has 684 valence electrons. The van der Waals surface area contributed by atoms with E-state index in [0.29, 0.717) is 0 Å². The van der Waals surface area contributed by atoms with Crippen molar-refractivity contribution in [3.8, 4) is 55.6 Å². The lowest BCUT2D eigenvalue weighted by atomic mass is 9.82. The molecule has 0 aliphatic rings. The van der Waals surface area contributed by atoms with Crippen LogP contribution in [0.1, 0.15) is 89.0 Å². The maximum Gasteiger partial charge on any atom is -0.00141 e. The number of hydrogen-bond acceptors (Lipinski definition) is 0. The minimum atomic E-state index is 1.24. The zero-order valence-corrected chi connectivity index (χ0v) is 83.2. The predicted octanol–water partition coefficient (Wildman–Crippen LogP) is 40.3. The molecule has 0 aromatic heterocycles. The summed E-state index contributed by atoms with van der Waals surface area (Å²) < 4.78 is 0. The summed E-state index contributed by atoms with van der Waals surface area (Å²) in [6.45, 7) is 25.7. The van der Waals surface area contributed by atoms with Gasteiger partial charge in [0.15, 0.2) is 0 Å². The zero-order chi connectivity index (χ0) is 97.4. The van der Waals surface area contributed by atoms with E-state index in [1.807, 2.05) is 0 Å². The summed E-state index contributed by atoms with van der Waals surface area (Å²) in [5.41, 5.74) is 33.5. The SMILES string of the molecule is Cc1c2ccccc2c(-c2c3ccccc3cc3cc4c(-c5c6ccccc6c(C)c6ccccc56)c5ccccc5cc4cc23)c2ccccc12.Cc1ccc(-c2ccc3ccc(-c4ccc5ccc(-c6ccc(C)cc6)cc5c4)cc3c2)cc1.Cc1ccc(/C=C/c2ccc(C)cc2)cc1.Cc1ccc(C)cc1.Cc1ccc2cc3cc(C)ccc3cc2c1.Cc1cccc(/C=C/c2cccc(C)c2)c1. The lowest BCUT2D eigenvalue weighted by Crippen LogP contribution is -1.94. The summed E-state index contributed by atoms with van der Waals surface area (Å²) >= 11 is 0. The van der Waals surface area contributed by atoms with Crippen molar-refractivity contribution in [3.05, 3.63) is 550 Å². The van der Waals surface area contributed by atoms with Gasteiger partial charge in [0.25, 0.3) is 0 Å². The van der Waals surface area contributed by atoms with Crippen molar-refractivity contribution >= 4 is 154 Å². The van der Waals surface area contributed by atoms with Gasteiger partial charge in [0.05, 0.1) is 0 Å². The van der Waals surface area contributed by atoms with Crippen molar-refractivity contribution in [2.45, 2.75) is 83.1 Å². The third-order valence-electron chi connectivity index (χ3n) is 28.0. The first-order chi connectivity index (χ1) is 69.3. The lowest BCUT2D eigenvalue weighted by Gasteiger charge is -2.21. The standard InChI is InChI=1S/C52H34.C34H26.C16H14.2C16H16.C8H10/c1-31-37-17-7-11-23-43(37)51(44-24-12-8-18-38(31)44)49-41-21-5-3-15-33(41)27-35-30-48-36(29-47(35)49)28-34-16-4-6-22-42(34)50(48)52-45-25-13-9-19-39(45)32(2)40-20-10-14-26-46(40)52;1-23-3-7-25(8-4-23)29-15-11-27-13-17-31(21-33(27)19-29)32-18-14-28-12-16-30(20-34(28)22-32)26-9-5-24(2)6-10-26;1-11-3-5-13-10-16-8-12(2)4-6-14(16)9-15(13)7-11;1-13-3-7-15(8-4-13)11-12-16-9-5-14(2)6-10-16;1-13-5-3-7-15(11-13)9-10-16-8-4-6-14(2)12-16;1-7-3-5-8(2)6-4-7/h3-30H,1-2H3;3-22H,1-2H3;3-10H,1-2H3;2*3-12H,1-2H3;3-6H,1-2H3/b;;;12-11+;10-9+;. The first-order valence-corrected chi connectivity index (χ1v) is 49.7. The van der Waals surface area contributed by atoms with Crippen molar-refractivity contribution in [3.63, 3.8) is 0 Å². The number of benzene rings is 25. The van der Waals surface area contributed by atoms with E-state index in [-0.39, 0.29) is 0 Å². The molecule has 0 atom stereocenters. The van der Waals surface area contributed by atoms with E-state index in [4.69, 9.17) is 0 Å². The number of rotatable bonds is 9. The van der Waals surface area contributed by atoms with Crippen LogP contribution in [-0.4, -0.2) is 0 Å². The second-order valence-corrected chi connectivity index (χ2v) is 38.7. The van der Waals surface area contributed by atoms with Gasteiger partial charge in [-0.05, 0) is 362 Å². The summed E-state index contributed by atoms with van der Waals surface area (Å²) in [7, 11) is 0. The third kappa shape index (κ3) is 20.5. The Balaban J connectivity index is 0.000000117. The van der Waals surface area contributed by atoms with Crippen LogP contribution in [0.3, 0.4) is 0 Å². The van der Waals surface area contributed by atoms with Gasteiger partial charge in [0, 0.05) is 0 Å². The topological polar surface area (TPSA) is 0 Å². The van der Waals surface area contributed by atoms with E-state index in [0.717, 1.165) is 0 Å². The number of fused-ring (bicyclic) bond motifs is 12. The molecule has 25 aromatic rings. The van der Waals surface area contributed by atoms with E-state index < -0.39 is 0 Å². The van der Waals surface area contributed by atoms with E-state index in [1.165, 1.54) is 274 Å². The van der Waals surface area contributed by atoms with Gasteiger partial charge in [0.1, 0.15) is 0 Å². The van der Waals surface area contributed by atoms with Gasteiger partial charge in [-0.25, -0.2) is 0 Å². The number of hydrogen-bond donors (Lipinski definition) is 0. The smallest absolute Gasteiger partial charge is 0.00141 e. The Labute approximate surface area is 836 Å². The minimum absolute atomic E-state index is 1.24. The average molecular weight is 1820 g/mol. The third-order valence-corrected chi connectivity index (χ3v) is 28.0. The fraction of sp³-hybridized carbons (Fsp3) is 0.0845. The van der Waals surface area contributed by atoms with Crippen LogP contribution in [-0.2, 0) is 0 Å². The van der Waals surface area contributed by atoms with Crippen LogP contribution in [0.25, 0.3) is 209 Å². The molecule has 0 spiro atoms. The maximum atomic E-state index is 2.49. The molecule has 0 aliphatic carbocycles. The molecule has 0 nitrogen and oxygen atoms in total. The van der Waals surface area contributed by atoms with Gasteiger partial charge < -0.3 is 0 Å². The van der Waals surface area contributed by atoms with Crippen LogP contribution < -0.4 is 0 Å². The van der Waals surface area contributed by atoms with Crippen molar-refractivity contribution in [2.75, 3.05) is 0 Å². The van der Waals surface area contributed by atoms with Crippen molar-refractivity contribution in [2.24, 2.45) is 0 Å². The molecule has 25 rings (SSSR count). The van der Waals surface area contributed by atoms with Crippen LogP contribution in [0.2, 0.25) is 0 Å². The Morgan fingerprint density at radius 3 is 0.669 bits per heavy atom. The molecular formula is C142H116. The summed E-state index contributed by atoms with van der Waals surface area (Å²) in [6, 6.07) is 169. The van der Waals surface area contributed by atoms with Crippen molar-refractivity contribution < 1.29 is 0 Å². The first-order valence-electron chi connectivity index (χ1n) is 49.7. The molecule has 0 heterocycles. The van der Waals surface area contributed by atoms with E-state index >= 15 is 0 Å².